The van der Waals surface area contributed by atoms with Gasteiger partial charge in [-0.05, 0) is 50.6 Å². The van der Waals surface area contributed by atoms with Crippen molar-refractivity contribution in [2.45, 2.75) is 44.5 Å². The third kappa shape index (κ3) is 7.09. The first-order valence-corrected chi connectivity index (χ1v) is 12.7. The van der Waals surface area contributed by atoms with E-state index in [1.54, 1.807) is 12.1 Å². The molecule has 0 spiro atoms. The number of amides is 2. The highest BCUT2D eigenvalue weighted by atomic mass is 19.4. The van der Waals surface area contributed by atoms with Crippen LogP contribution in [-0.4, -0.2) is 74.4 Å². The number of rotatable bonds is 8. The predicted octanol–water partition coefficient (Wildman–Crippen LogP) is 2.81. The van der Waals surface area contributed by atoms with Crippen LogP contribution >= 0.6 is 0 Å². The molecule has 0 aliphatic carbocycles. The van der Waals surface area contributed by atoms with Gasteiger partial charge in [-0.3, -0.25) is 9.59 Å². The Morgan fingerprint density at radius 1 is 1.11 bits per heavy atom. The molecule has 2 aliphatic heterocycles. The number of aryl methyl sites for hydroxylation is 1. The summed E-state index contributed by atoms with van der Waals surface area (Å²) < 4.78 is 49.9. The van der Waals surface area contributed by atoms with Crippen LogP contribution in [0.25, 0.3) is 0 Å². The third-order valence-corrected chi connectivity index (χ3v) is 6.85. The lowest BCUT2D eigenvalue weighted by molar-refractivity contribution is -0.153. The number of hydrogen-bond acceptors (Lipinski definition) is 6. The number of alkyl halides is 3. The summed E-state index contributed by atoms with van der Waals surface area (Å²) in [4.78, 5) is 29.1. The van der Waals surface area contributed by atoms with Crippen LogP contribution in [0.5, 0.6) is 11.5 Å². The zero-order chi connectivity index (χ0) is 27.3. The van der Waals surface area contributed by atoms with Gasteiger partial charge in [0.15, 0.2) is 6.61 Å². The second-order valence-electron chi connectivity index (χ2n) is 9.66. The Labute approximate surface area is 219 Å². The van der Waals surface area contributed by atoms with Gasteiger partial charge in [-0.15, -0.1) is 0 Å². The van der Waals surface area contributed by atoms with Gasteiger partial charge in [-0.25, -0.2) is 0 Å². The molecule has 2 amide bonds. The molecule has 0 bridgehead atoms. The lowest BCUT2D eigenvalue weighted by atomic mass is 10.0. The molecule has 1 atom stereocenters. The van der Waals surface area contributed by atoms with Crippen LogP contribution in [0.3, 0.4) is 0 Å². The standard InChI is InChI=1S/C27H33F3N4O4/c1-18-4-2-3-5-22(18)33-12-13-34(23(16-33)26(31)36)25(35)14-19-6-7-21(38-20-8-10-32-11-9-20)15-24(19)37-17-27(28,29)30/h2-7,15,20,23,32H,8-14,16-17H2,1H3,(H2,31,36). The van der Waals surface area contributed by atoms with Crippen LogP contribution in [0.1, 0.15) is 24.0 Å². The minimum atomic E-state index is -4.55. The molecule has 3 N–H and O–H groups in total. The summed E-state index contributed by atoms with van der Waals surface area (Å²) in [6, 6.07) is 11.4. The molecule has 11 heteroatoms. The maximum atomic E-state index is 13.3. The van der Waals surface area contributed by atoms with Crippen molar-refractivity contribution in [1.29, 1.82) is 0 Å². The summed E-state index contributed by atoms with van der Waals surface area (Å²) in [5.41, 5.74) is 7.94. The SMILES string of the molecule is Cc1ccccc1N1CCN(C(=O)Cc2ccc(OC3CCNCC3)cc2OCC(F)(F)F)C(C(N)=O)C1. The number of benzene rings is 2. The molecule has 2 aliphatic rings. The van der Waals surface area contributed by atoms with Crippen LogP contribution < -0.4 is 25.4 Å². The number of nitrogens with two attached hydrogens (primary N) is 1. The number of nitrogens with one attached hydrogen (secondary N) is 1. The lowest BCUT2D eigenvalue weighted by Crippen LogP contribution is -2.60. The Balaban J connectivity index is 1.50. The van der Waals surface area contributed by atoms with E-state index in [1.807, 2.05) is 36.1 Å². The molecule has 4 rings (SSSR count). The van der Waals surface area contributed by atoms with E-state index in [-0.39, 0.29) is 36.9 Å². The molecular weight excluding hydrogens is 501 g/mol. The molecule has 2 heterocycles. The molecule has 0 radical (unpaired) electrons. The summed E-state index contributed by atoms with van der Waals surface area (Å²) in [6.07, 6.45) is -3.28. The summed E-state index contributed by atoms with van der Waals surface area (Å²) in [7, 11) is 0. The van der Waals surface area contributed by atoms with E-state index in [0.29, 0.717) is 12.3 Å². The molecule has 1 unspecified atom stereocenters. The normalized spacial score (nSPS) is 18.8. The molecule has 0 aromatic heterocycles. The van der Waals surface area contributed by atoms with Gasteiger partial charge in [0.2, 0.25) is 11.8 Å². The van der Waals surface area contributed by atoms with Crippen LogP contribution in [0.4, 0.5) is 18.9 Å². The van der Waals surface area contributed by atoms with Crippen molar-refractivity contribution >= 4 is 17.5 Å². The Morgan fingerprint density at radius 3 is 2.53 bits per heavy atom. The first kappa shape index (κ1) is 27.6. The Bertz CT molecular complexity index is 1140. The van der Waals surface area contributed by atoms with Crippen molar-refractivity contribution in [2.24, 2.45) is 5.73 Å². The quantitative estimate of drug-likeness (QED) is 0.541. The summed E-state index contributed by atoms with van der Waals surface area (Å²) >= 11 is 0. The zero-order valence-corrected chi connectivity index (χ0v) is 21.3. The van der Waals surface area contributed by atoms with Crippen LogP contribution in [0, 0.1) is 6.92 Å². The van der Waals surface area contributed by atoms with Gasteiger partial charge in [0.1, 0.15) is 23.6 Å². The highest BCUT2D eigenvalue weighted by Gasteiger charge is 2.35. The predicted molar refractivity (Wildman–Crippen MR) is 136 cm³/mol. The number of carbonyl (C=O) groups excluding carboxylic acids is 2. The van der Waals surface area contributed by atoms with Crippen LogP contribution in [-0.2, 0) is 16.0 Å². The fraction of sp³-hybridized carbons (Fsp3) is 0.481. The summed E-state index contributed by atoms with van der Waals surface area (Å²) in [5.74, 6) is -0.749. The number of carbonyl (C=O) groups is 2. The number of ether oxygens (including phenoxy) is 2. The lowest BCUT2D eigenvalue weighted by Gasteiger charge is -2.41. The molecule has 0 saturated carbocycles. The highest BCUT2D eigenvalue weighted by Crippen LogP contribution is 2.30. The van der Waals surface area contributed by atoms with Gasteiger partial charge < -0.3 is 30.3 Å². The largest absolute Gasteiger partial charge is 0.490 e. The summed E-state index contributed by atoms with van der Waals surface area (Å²) in [5, 5.41) is 3.23. The van der Waals surface area contributed by atoms with Crippen LogP contribution in [0.2, 0.25) is 0 Å². The van der Waals surface area contributed by atoms with E-state index >= 15 is 0 Å². The molecule has 8 nitrogen and oxygen atoms in total. The maximum Gasteiger partial charge on any atom is 0.422 e. The average molecular weight is 535 g/mol. The van der Waals surface area contributed by atoms with Crippen molar-refractivity contribution in [1.82, 2.24) is 10.2 Å². The smallest absolute Gasteiger partial charge is 0.422 e. The van der Waals surface area contributed by atoms with Crippen molar-refractivity contribution < 1.29 is 32.2 Å². The molecule has 2 saturated heterocycles. The van der Waals surface area contributed by atoms with Crippen LogP contribution in [0.15, 0.2) is 42.5 Å². The molecule has 38 heavy (non-hydrogen) atoms. The van der Waals surface area contributed by atoms with Crippen molar-refractivity contribution in [3.8, 4) is 11.5 Å². The Hall–Kier alpha value is -3.47. The van der Waals surface area contributed by atoms with E-state index in [0.717, 1.165) is 37.2 Å². The maximum absolute atomic E-state index is 13.3. The molecule has 206 valence electrons. The first-order valence-electron chi connectivity index (χ1n) is 12.7. The zero-order valence-electron chi connectivity index (χ0n) is 21.3. The van der Waals surface area contributed by atoms with E-state index in [9.17, 15) is 22.8 Å². The molecule has 2 aromatic carbocycles. The number of piperazine rings is 1. The second kappa shape index (κ2) is 11.9. The van der Waals surface area contributed by atoms with Crippen molar-refractivity contribution in [2.75, 3.05) is 44.2 Å². The third-order valence-electron chi connectivity index (χ3n) is 6.85. The first-order chi connectivity index (χ1) is 18.1. The Morgan fingerprint density at radius 2 is 1.84 bits per heavy atom. The van der Waals surface area contributed by atoms with Gasteiger partial charge in [0, 0.05) is 37.0 Å². The van der Waals surface area contributed by atoms with Crippen molar-refractivity contribution in [3.05, 3.63) is 53.6 Å². The minimum absolute atomic E-state index is 0.0555. The van der Waals surface area contributed by atoms with Gasteiger partial charge in [-0.2, -0.15) is 13.2 Å². The van der Waals surface area contributed by atoms with E-state index in [2.05, 4.69) is 5.32 Å². The number of anilines is 1. The average Bonchev–Trinajstić information content (AvgIpc) is 2.88. The molecule has 2 aromatic rings. The number of halogens is 3. The van der Waals surface area contributed by atoms with E-state index < -0.39 is 30.6 Å². The number of nitrogens with zero attached hydrogens (tertiary/aromatic N) is 2. The fourth-order valence-corrected chi connectivity index (χ4v) is 4.88. The number of para-hydroxylation sites is 1. The van der Waals surface area contributed by atoms with Gasteiger partial charge in [0.05, 0.1) is 6.42 Å². The van der Waals surface area contributed by atoms with Gasteiger partial charge >= 0.3 is 6.18 Å². The Kier molecular flexibility index (Phi) is 8.65. The van der Waals surface area contributed by atoms with E-state index in [1.165, 1.54) is 11.0 Å². The highest BCUT2D eigenvalue weighted by molar-refractivity contribution is 5.89. The molecular formula is C27H33F3N4O4. The minimum Gasteiger partial charge on any atom is -0.490 e. The fourth-order valence-electron chi connectivity index (χ4n) is 4.88. The number of piperidine rings is 1. The van der Waals surface area contributed by atoms with E-state index in [4.69, 9.17) is 15.2 Å². The molecule has 2 fully saturated rings. The second-order valence-corrected chi connectivity index (χ2v) is 9.66. The topological polar surface area (TPSA) is 97.1 Å². The van der Waals surface area contributed by atoms with Gasteiger partial charge in [0.25, 0.3) is 0 Å². The number of primary amides is 1. The van der Waals surface area contributed by atoms with Gasteiger partial charge in [-0.1, -0.05) is 24.3 Å². The number of hydrogen-bond donors (Lipinski definition) is 2. The monoisotopic (exact) mass is 534 g/mol. The summed E-state index contributed by atoms with van der Waals surface area (Å²) in [6.45, 7) is 3.03. The van der Waals surface area contributed by atoms with Crippen molar-refractivity contribution in [3.63, 3.8) is 0 Å².